The smallest absolute Gasteiger partial charge is 0.346 e. The molecule has 2 aromatic heterocycles. The highest BCUT2D eigenvalue weighted by Crippen LogP contribution is 2.44. The summed E-state index contributed by atoms with van der Waals surface area (Å²) in [6, 6.07) is 16.9. The van der Waals surface area contributed by atoms with Crippen molar-refractivity contribution >= 4 is 37.1 Å². The molecule has 216 valence electrons. The summed E-state index contributed by atoms with van der Waals surface area (Å²) in [5, 5.41) is 0. The Morgan fingerprint density at radius 1 is 0.952 bits per heavy atom. The Morgan fingerprint density at radius 3 is 2.19 bits per heavy atom. The van der Waals surface area contributed by atoms with Gasteiger partial charge in [-0.15, -0.1) is 9.05 Å². The molecule has 13 nitrogen and oxygen atoms in total. The molecule has 1 unspecified atom stereocenters. The number of rotatable bonds is 8. The molecular weight excluding hydrogens is 565 g/mol. The van der Waals surface area contributed by atoms with Gasteiger partial charge in [0.15, 0.2) is 29.0 Å². The molecule has 4 aromatic rings. The molecule has 0 bridgehead atoms. The fourth-order valence-corrected chi connectivity index (χ4v) is 5.47. The number of fused-ring (bicyclic) bond motifs is 2. The minimum atomic E-state index is -2.32. The van der Waals surface area contributed by atoms with Crippen molar-refractivity contribution in [1.29, 1.82) is 0 Å². The standard InChI is InChI=1S/C28H27N5O8P/c1-28(2)40-21-19(14-38-42(36)37-3)39-27(22(21)41-28)32-16-31-20-23(32)29-15-30-24(20)33(25(34)17-10-6-4-7-11-17)26(35)18-12-8-5-9-13-18/h4-13,15-16,19,21-22,27H,14H2,1-3H3/q+1/t19-,21-,22-,27-/m1/s1. The first-order chi connectivity index (χ1) is 20.3. The van der Waals surface area contributed by atoms with E-state index in [0.29, 0.717) is 16.8 Å². The summed E-state index contributed by atoms with van der Waals surface area (Å²) in [4.78, 5) is 41.8. The maximum Gasteiger partial charge on any atom is 0.697 e. The molecule has 2 saturated heterocycles. The van der Waals surface area contributed by atoms with Crippen LogP contribution < -0.4 is 4.90 Å². The molecule has 2 aromatic carbocycles. The van der Waals surface area contributed by atoms with Crippen molar-refractivity contribution in [2.75, 3.05) is 18.6 Å². The third kappa shape index (κ3) is 5.22. The molecular formula is C28H27N5O8P+. The molecule has 4 heterocycles. The lowest BCUT2D eigenvalue weighted by molar-refractivity contribution is -0.198. The fourth-order valence-electron chi connectivity index (χ4n) is 5.10. The normalized spacial score (nSPS) is 23.1. The van der Waals surface area contributed by atoms with Crippen LogP contribution in [0.15, 0.2) is 73.3 Å². The Morgan fingerprint density at radius 2 is 1.57 bits per heavy atom. The van der Waals surface area contributed by atoms with Crippen LogP contribution in [0, 0.1) is 0 Å². The number of imide groups is 1. The summed E-state index contributed by atoms with van der Waals surface area (Å²) in [5.41, 5.74) is 1.09. The average Bonchev–Trinajstić information content (AvgIpc) is 3.67. The van der Waals surface area contributed by atoms with Crippen LogP contribution in [0.4, 0.5) is 5.82 Å². The molecule has 0 spiro atoms. The summed E-state index contributed by atoms with van der Waals surface area (Å²) in [7, 11) is -1.04. The number of imidazole rings is 1. The van der Waals surface area contributed by atoms with E-state index in [1.807, 2.05) is 0 Å². The Kier molecular flexibility index (Phi) is 7.62. The van der Waals surface area contributed by atoms with E-state index >= 15 is 0 Å². The molecule has 0 radical (unpaired) electrons. The van der Waals surface area contributed by atoms with Gasteiger partial charge in [0.25, 0.3) is 11.8 Å². The van der Waals surface area contributed by atoms with Crippen LogP contribution in [0.2, 0.25) is 0 Å². The van der Waals surface area contributed by atoms with Gasteiger partial charge >= 0.3 is 8.25 Å². The van der Waals surface area contributed by atoms with Gasteiger partial charge in [-0.3, -0.25) is 14.2 Å². The SMILES string of the molecule is CO[P+](=O)OC[C@H]1O[C@@H](n2cnc3c(N(C(=O)c4ccccc4)C(=O)c4ccccc4)ncnc32)[C@@H]2OC(C)(C)O[C@@H]21. The van der Waals surface area contributed by atoms with E-state index in [9.17, 15) is 14.2 Å². The van der Waals surface area contributed by atoms with Gasteiger partial charge in [-0.05, 0) is 38.1 Å². The van der Waals surface area contributed by atoms with Crippen LogP contribution in [-0.2, 0) is 27.8 Å². The minimum absolute atomic E-state index is 0.0110. The Balaban J connectivity index is 1.40. The van der Waals surface area contributed by atoms with E-state index in [2.05, 4.69) is 15.0 Å². The lowest BCUT2D eigenvalue weighted by Gasteiger charge is -2.24. The highest BCUT2D eigenvalue weighted by atomic mass is 31.1. The predicted molar refractivity (Wildman–Crippen MR) is 148 cm³/mol. The Bertz CT molecular complexity index is 1580. The third-order valence-corrected chi connectivity index (χ3v) is 7.55. The van der Waals surface area contributed by atoms with Gasteiger partial charge < -0.3 is 14.2 Å². The van der Waals surface area contributed by atoms with Crippen molar-refractivity contribution in [2.45, 2.75) is 44.2 Å². The van der Waals surface area contributed by atoms with Gasteiger partial charge in [0.1, 0.15) is 31.2 Å². The molecule has 2 amide bonds. The summed E-state index contributed by atoms with van der Waals surface area (Å²) < 4.78 is 41.9. The number of benzene rings is 2. The second-order valence-electron chi connectivity index (χ2n) is 10.0. The molecule has 2 fully saturated rings. The van der Waals surface area contributed by atoms with E-state index < -0.39 is 50.4 Å². The van der Waals surface area contributed by atoms with Crippen LogP contribution in [-0.4, -0.2) is 69.1 Å². The van der Waals surface area contributed by atoms with Crippen molar-refractivity contribution in [3.63, 3.8) is 0 Å². The zero-order chi connectivity index (χ0) is 29.4. The van der Waals surface area contributed by atoms with Crippen molar-refractivity contribution in [3.05, 3.63) is 84.4 Å². The van der Waals surface area contributed by atoms with E-state index in [4.69, 9.17) is 23.3 Å². The molecule has 42 heavy (non-hydrogen) atoms. The Hall–Kier alpha value is -3.97. The minimum Gasteiger partial charge on any atom is -0.346 e. The largest absolute Gasteiger partial charge is 0.697 e. The molecule has 2 aliphatic rings. The molecule has 2 aliphatic heterocycles. The third-order valence-electron chi connectivity index (χ3n) is 6.89. The van der Waals surface area contributed by atoms with E-state index in [1.165, 1.54) is 19.8 Å². The number of amides is 2. The second-order valence-corrected chi connectivity index (χ2v) is 11.1. The van der Waals surface area contributed by atoms with Gasteiger partial charge in [-0.1, -0.05) is 36.4 Å². The maximum atomic E-state index is 13.8. The van der Waals surface area contributed by atoms with Crippen LogP contribution >= 0.6 is 8.25 Å². The number of carbonyl (C=O) groups excluding carboxylic acids is 2. The van der Waals surface area contributed by atoms with Gasteiger partial charge in [0.05, 0.1) is 13.4 Å². The topological polar surface area (TPSA) is 144 Å². The first-order valence-electron chi connectivity index (χ1n) is 13.1. The van der Waals surface area contributed by atoms with Crippen molar-refractivity contribution in [3.8, 4) is 0 Å². The van der Waals surface area contributed by atoms with Crippen molar-refractivity contribution in [1.82, 2.24) is 19.5 Å². The van der Waals surface area contributed by atoms with Gasteiger partial charge in [-0.2, -0.15) is 0 Å². The number of aromatic nitrogens is 4. The molecule has 5 atom stereocenters. The molecule has 0 aliphatic carbocycles. The summed E-state index contributed by atoms with van der Waals surface area (Å²) in [6.07, 6.45) is 0.159. The Labute approximate surface area is 241 Å². The highest BCUT2D eigenvalue weighted by Gasteiger charge is 2.57. The first-order valence-corrected chi connectivity index (χ1v) is 14.2. The van der Waals surface area contributed by atoms with Crippen LogP contribution in [0.25, 0.3) is 11.2 Å². The number of ether oxygens (including phenoxy) is 3. The lowest BCUT2D eigenvalue weighted by atomic mass is 10.1. The molecule has 0 saturated carbocycles. The number of hydrogen-bond donors (Lipinski definition) is 0. The molecule has 14 heteroatoms. The quantitative estimate of drug-likeness (QED) is 0.216. The number of nitrogens with zero attached hydrogens (tertiary/aromatic N) is 5. The zero-order valence-electron chi connectivity index (χ0n) is 22.9. The van der Waals surface area contributed by atoms with Gasteiger partial charge in [-0.25, -0.2) is 19.9 Å². The predicted octanol–water partition coefficient (Wildman–Crippen LogP) is 4.05. The van der Waals surface area contributed by atoms with Crippen molar-refractivity contribution in [2.24, 2.45) is 0 Å². The molecule has 6 rings (SSSR count). The fraction of sp³-hybridized carbons (Fsp3) is 0.321. The number of hydrogen-bond acceptors (Lipinski definition) is 11. The monoisotopic (exact) mass is 592 g/mol. The summed E-state index contributed by atoms with van der Waals surface area (Å²) >= 11 is 0. The summed E-state index contributed by atoms with van der Waals surface area (Å²) in [6.45, 7) is 3.49. The van der Waals surface area contributed by atoms with Crippen LogP contribution in [0.1, 0.15) is 40.8 Å². The lowest BCUT2D eigenvalue weighted by Crippen LogP contribution is -2.38. The zero-order valence-corrected chi connectivity index (χ0v) is 23.8. The first kappa shape index (κ1) is 28.2. The molecule has 0 N–H and O–H groups in total. The van der Waals surface area contributed by atoms with E-state index in [1.54, 1.807) is 79.1 Å². The van der Waals surface area contributed by atoms with Crippen LogP contribution in [0.5, 0.6) is 0 Å². The second kappa shape index (κ2) is 11.4. The van der Waals surface area contributed by atoms with Crippen molar-refractivity contribution < 1.29 is 37.4 Å². The maximum absolute atomic E-state index is 13.8. The number of carbonyl (C=O) groups is 2. The highest BCUT2D eigenvalue weighted by molar-refractivity contribution is 7.33. The average molecular weight is 593 g/mol. The summed E-state index contributed by atoms with van der Waals surface area (Å²) in [5.74, 6) is -2.06. The van der Waals surface area contributed by atoms with Gasteiger partial charge in [0.2, 0.25) is 0 Å². The van der Waals surface area contributed by atoms with E-state index in [-0.39, 0.29) is 17.9 Å². The van der Waals surface area contributed by atoms with Crippen LogP contribution in [0.3, 0.4) is 0 Å². The van der Waals surface area contributed by atoms with Gasteiger partial charge in [0, 0.05) is 15.7 Å². The van der Waals surface area contributed by atoms with E-state index in [0.717, 1.165) is 4.90 Å². The number of anilines is 1.